The standard InChI is InChI=1S/C16H15IO2/c1-2-3-12-4-6-13(7-5-12)16(18)14-8-10-15(19-17)11-9-14/h4-11H,2-3H2,1H3. The molecule has 3 heteroatoms. The van der Waals surface area contributed by atoms with Crippen molar-refractivity contribution in [3.63, 3.8) is 0 Å². The first-order chi connectivity index (χ1) is 9.24. The van der Waals surface area contributed by atoms with Gasteiger partial charge in [0.25, 0.3) is 0 Å². The van der Waals surface area contributed by atoms with Gasteiger partial charge < -0.3 is 3.07 Å². The number of benzene rings is 2. The Morgan fingerprint density at radius 2 is 1.53 bits per heavy atom. The quantitative estimate of drug-likeness (QED) is 0.571. The zero-order valence-electron chi connectivity index (χ0n) is 10.7. The smallest absolute Gasteiger partial charge is 0.193 e. The first-order valence-corrected chi connectivity index (χ1v) is 7.15. The minimum Gasteiger partial charge on any atom is -0.428 e. The van der Waals surface area contributed by atoms with E-state index in [1.807, 2.05) is 47.3 Å². The second-order valence-electron chi connectivity index (χ2n) is 4.38. The molecule has 0 amide bonds. The van der Waals surface area contributed by atoms with Crippen LogP contribution in [0, 0.1) is 0 Å². The van der Waals surface area contributed by atoms with Gasteiger partial charge in [-0.3, -0.25) is 4.79 Å². The summed E-state index contributed by atoms with van der Waals surface area (Å²) < 4.78 is 5.06. The summed E-state index contributed by atoms with van der Waals surface area (Å²) in [6.45, 7) is 2.15. The minimum absolute atomic E-state index is 0.0445. The Morgan fingerprint density at radius 3 is 2.00 bits per heavy atom. The van der Waals surface area contributed by atoms with Crippen LogP contribution in [0.5, 0.6) is 5.75 Å². The molecule has 0 radical (unpaired) electrons. The summed E-state index contributed by atoms with van der Waals surface area (Å²) in [5.41, 5.74) is 2.68. The highest BCUT2D eigenvalue weighted by Crippen LogP contribution is 2.17. The average Bonchev–Trinajstić information content (AvgIpc) is 2.48. The lowest BCUT2D eigenvalue weighted by Gasteiger charge is -2.04. The van der Waals surface area contributed by atoms with Crippen molar-refractivity contribution in [2.45, 2.75) is 19.8 Å². The van der Waals surface area contributed by atoms with Crippen molar-refractivity contribution in [1.82, 2.24) is 0 Å². The Kier molecular flexibility index (Phi) is 4.96. The van der Waals surface area contributed by atoms with Crippen molar-refractivity contribution >= 4 is 28.8 Å². The van der Waals surface area contributed by atoms with E-state index in [2.05, 4.69) is 6.92 Å². The van der Waals surface area contributed by atoms with Gasteiger partial charge in [0.15, 0.2) is 28.8 Å². The molecule has 0 aliphatic carbocycles. The number of hydrogen-bond acceptors (Lipinski definition) is 2. The number of rotatable bonds is 5. The molecule has 0 saturated heterocycles. The summed E-state index contributed by atoms with van der Waals surface area (Å²) in [5.74, 6) is 0.790. The van der Waals surface area contributed by atoms with Gasteiger partial charge in [-0.1, -0.05) is 37.6 Å². The first kappa shape index (κ1) is 14.1. The zero-order valence-corrected chi connectivity index (χ0v) is 12.9. The van der Waals surface area contributed by atoms with E-state index in [9.17, 15) is 4.79 Å². The van der Waals surface area contributed by atoms with E-state index in [1.165, 1.54) is 5.56 Å². The van der Waals surface area contributed by atoms with Gasteiger partial charge in [0.2, 0.25) is 0 Å². The Balaban J connectivity index is 2.18. The molecule has 0 bridgehead atoms. The van der Waals surface area contributed by atoms with Gasteiger partial charge in [-0.15, -0.1) is 0 Å². The largest absolute Gasteiger partial charge is 0.428 e. The predicted molar refractivity (Wildman–Crippen MR) is 85.0 cm³/mol. The van der Waals surface area contributed by atoms with Crippen molar-refractivity contribution in [2.24, 2.45) is 0 Å². The monoisotopic (exact) mass is 366 g/mol. The Labute approximate surface area is 127 Å². The molecule has 0 aliphatic rings. The van der Waals surface area contributed by atoms with E-state index in [0.717, 1.165) is 24.2 Å². The molecule has 2 rings (SSSR count). The van der Waals surface area contributed by atoms with Crippen LogP contribution in [0.2, 0.25) is 0 Å². The van der Waals surface area contributed by atoms with Gasteiger partial charge >= 0.3 is 0 Å². The summed E-state index contributed by atoms with van der Waals surface area (Å²) in [6.07, 6.45) is 2.17. The number of hydrogen-bond donors (Lipinski definition) is 0. The lowest BCUT2D eigenvalue weighted by atomic mass is 10.0. The molecular weight excluding hydrogens is 351 g/mol. The summed E-state index contributed by atoms with van der Waals surface area (Å²) in [7, 11) is 0. The maximum atomic E-state index is 12.3. The van der Waals surface area contributed by atoms with E-state index in [-0.39, 0.29) is 5.78 Å². The van der Waals surface area contributed by atoms with Crippen LogP contribution < -0.4 is 3.07 Å². The van der Waals surface area contributed by atoms with Gasteiger partial charge in [0.05, 0.1) is 0 Å². The van der Waals surface area contributed by atoms with Crippen molar-refractivity contribution in [2.75, 3.05) is 0 Å². The molecule has 0 aliphatic heterocycles. The topological polar surface area (TPSA) is 26.3 Å². The lowest BCUT2D eigenvalue weighted by molar-refractivity contribution is 0.103. The van der Waals surface area contributed by atoms with E-state index in [1.54, 1.807) is 24.3 Å². The van der Waals surface area contributed by atoms with Gasteiger partial charge in [-0.05, 0) is 36.2 Å². The third-order valence-electron chi connectivity index (χ3n) is 2.96. The first-order valence-electron chi connectivity index (χ1n) is 6.27. The van der Waals surface area contributed by atoms with Crippen LogP contribution >= 0.6 is 23.0 Å². The zero-order chi connectivity index (χ0) is 13.7. The summed E-state index contributed by atoms with van der Waals surface area (Å²) in [5, 5.41) is 0. The fraction of sp³-hybridized carbons (Fsp3) is 0.188. The summed E-state index contributed by atoms with van der Waals surface area (Å²) in [4.78, 5) is 12.3. The highest BCUT2D eigenvalue weighted by molar-refractivity contribution is 14.1. The molecule has 2 aromatic carbocycles. The van der Waals surface area contributed by atoms with Crippen LogP contribution in [-0.2, 0) is 6.42 Å². The van der Waals surface area contributed by atoms with Crippen LogP contribution in [0.1, 0.15) is 34.8 Å². The number of aryl methyl sites for hydroxylation is 1. The highest BCUT2D eigenvalue weighted by Gasteiger charge is 2.08. The molecule has 98 valence electrons. The number of halogens is 1. The molecule has 2 nitrogen and oxygen atoms in total. The molecular formula is C16H15IO2. The Morgan fingerprint density at radius 1 is 1.00 bits per heavy atom. The predicted octanol–water partition coefficient (Wildman–Crippen LogP) is 4.60. The van der Waals surface area contributed by atoms with E-state index >= 15 is 0 Å². The molecule has 0 atom stereocenters. The van der Waals surface area contributed by atoms with Crippen LogP contribution in [0.25, 0.3) is 0 Å². The molecule has 0 unspecified atom stereocenters. The van der Waals surface area contributed by atoms with Gasteiger partial charge in [0.1, 0.15) is 5.75 Å². The average molecular weight is 366 g/mol. The number of carbonyl (C=O) groups is 1. The van der Waals surface area contributed by atoms with Crippen molar-refractivity contribution in [1.29, 1.82) is 0 Å². The second kappa shape index (κ2) is 6.70. The van der Waals surface area contributed by atoms with E-state index in [0.29, 0.717) is 5.56 Å². The number of ketones is 1. The maximum absolute atomic E-state index is 12.3. The normalized spacial score (nSPS) is 10.2. The fourth-order valence-electron chi connectivity index (χ4n) is 1.94. The Bertz CT molecular complexity index is 544. The fourth-order valence-corrected chi connectivity index (χ4v) is 2.23. The Hall–Kier alpha value is -1.36. The van der Waals surface area contributed by atoms with E-state index in [4.69, 9.17) is 3.07 Å². The lowest BCUT2D eigenvalue weighted by Crippen LogP contribution is -2.01. The van der Waals surface area contributed by atoms with Gasteiger partial charge in [0, 0.05) is 11.1 Å². The van der Waals surface area contributed by atoms with Crippen LogP contribution in [0.4, 0.5) is 0 Å². The summed E-state index contributed by atoms with van der Waals surface area (Å²) in [6, 6.07) is 15.0. The van der Waals surface area contributed by atoms with Crippen LogP contribution in [0.3, 0.4) is 0 Å². The van der Waals surface area contributed by atoms with Crippen LogP contribution in [-0.4, -0.2) is 5.78 Å². The number of carbonyl (C=O) groups excluding carboxylic acids is 1. The van der Waals surface area contributed by atoms with Crippen molar-refractivity contribution in [3.05, 3.63) is 65.2 Å². The molecule has 0 aromatic heterocycles. The second-order valence-corrected chi connectivity index (χ2v) is 4.82. The molecule has 19 heavy (non-hydrogen) atoms. The third kappa shape index (κ3) is 3.56. The van der Waals surface area contributed by atoms with Crippen molar-refractivity contribution < 1.29 is 7.86 Å². The highest BCUT2D eigenvalue weighted by atomic mass is 127. The molecule has 0 heterocycles. The maximum Gasteiger partial charge on any atom is 0.193 e. The van der Waals surface area contributed by atoms with E-state index < -0.39 is 0 Å². The third-order valence-corrected chi connectivity index (χ3v) is 3.47. The SMILES string of the molecule is CCCc1ccc(C(=O)c2ccc(OI)cc2)cc1. The van der Waals surface area contributed by atoms with Crippen molar-refractivity contribution in [3.8, 4) is 5.75 Å². The molecule has 0 fully saturated rings. The summed E-state index contributed by atoms with van der Waals surface area (Å²) >= 11 is 1.82. The van der Waals surface area contributed by atoms with Crippen LogP contribution in [0.15, 0.2) is 48.5 Å². The molecule has 0 spiro atoms. The molecule has 0 N–H and O–H groups in total. The molecule has 0 saturated carbocycles. The molecule has 2 aromatic rings. The van der Waals surface area contributed by atoms with Gasteiger partial charge in [-0.25, -0.2) is 0 Å². The minimum atomic E-state index is 0.0445. The van der Waals surface area contributed by atoms with Gasteiger partial charge in [-0.2, -0.15) is 0 Å².